The van der Waals surface area contributed by atoms with Crippen LogP contribution in [0.15, 0.2) is 18.2 Å². The van der Waals surface area contributed by atoms with E-state index in [1.807, 2.05) is 0 Å². The van der Waals surface area contributed by atoms with E-state index in [1.165, 1.54) is 37.8 Å². The Morgan fingerprint density at radius 3 is 2.72 bits per heavy atom. The molecule has 4 heteroatoms. The molecule has 0 spiro atoms. The summed E-state index contributed by atoms with van der Waals surface area (Å²) in [6.45, 7) is 0.725. The summed E-state index contributed by atoms with van der Waals surface area (Å²) < 4.78 is 13.3. The van der Waals surface area contributed by atoms with E-state index >= 15 is 0 Å². The van der Waals surface area contributed by atoms with Gasteiger partial charge in [0, 0.05) is 12.1 Å². The molecule has 2 fully saturated rings. The normalized spacial score (nSPS) is 20.5. The van der Waals surface area contributed by atoms with Gasteiger partial charge in [0.15, 0.2) is 0 Å². The van der Waals surface area contributed by atoms with Gasteiger partial charge in [-0.2, -0.15) is 0 Å². The van der Waals surface area contributed by atoms with Crippen LogP contribution in [0.25, 0.3) is 0 Å². The number of benzene rings is 1. The Bertz CT molecular complexity index is 493. The van der Waals surface area contributed by atoms with Crippen molar-refractivity contribution < 1.29 is 9.18 Å². The van der Waals surface area contributed by atoms with Crippen LogP contribution in [0, 0.1) is 17.2 Å². The van der Waals surface area contributed by atoms with Gasteiger partial charge in [0.25, 0.3) is 5.91 Å². The molecule has 18 heavy (non-hydrogen) atoms. The van der Waals surface area contributed by atoms with Crippen LogP contribution in [0.3, 0.4) is 0 Å². The summed E-state index contributed by atoms with van der Waals surface area (Å²) in [6, 6.07) is 4.18. The molecule has 0 heterocycles. The first-order valence-electron chi connectivity index (χ1n) is 6.44. The first kappa shape index (κ1) is 11.5. The van der Waals surface area contributed by atoms with E-state index in [2.05, 4.69) is 5.32 Å². The first-order chi connectivity index (χ1) is 8.61. The zero-order chi connectivity index (χ0) is 12.8. The minimum Gasteiger partial charge on any atom is -0.396 e. The van der Waals surface area contributed by atoms with Gasteiger partial charge in [-0.15, -0.1) is 0 Å². The predicted octanol–water partition coefficient (Wildman–Crippen LogP) is 2.33. The highest BCUT2D eigenvalue weighted by Gasteiger charge is 2.53. The number of amides is 1. The number of hydrogen-bond acceptors (Lipinski definition) is 2. The van der Waals surface area contributed by atoms with E-state index in [1.54, 1.807) is 6.07 Å². The van der Waals surface area contributed by atoms with E-state index in [0.29, 0.717) is 11.0 Å². The van der Waals surface area contributed by atoms with E-state index in [9.17, 15) is 9.18 Å². The van der Waals surface area contributed by atoms with Crippen molar-refractivity contribution in [3.05, 3.63) is 29.6 Å². The highest BCUT2D eigenvalue weighted by molar-refractivity contribution is 5.94. The number of anilines is 1. The second kappa shape index (κ2) is 3.97. The highest BCUT2D eigenvalue weighted by Crippen LogP contribution is 2.60. The lowest BCUT2D eigenvalue weighted by atomic mass is 10.0. The number of nitrogens with one attached hydrogen (secondary N) is 1. The lowest BCUT2D eigenvalue weighted by Crippen LogP contribution is -2.31. The third-order valence-corrected chi connectivity index (χ3v) is 4.20. The van der Waals surface area contributed by atoms with Crippen molar-refractivity contribution in [2.45, 2.75) is 25.7 Å². The van der Waals surface area contributed by atoms with Gasteiger partial charge in [-0.05, 0) is 55.2 Å². The second-order valence-corrected chi connectivity index (χ2v) is 5.56. The summed E-state index contributed by atoms with van der Waals surface area (Å²) in [6.07, 6.45) is 5.03. The maximum absolute atomic E-state index is 13.3. The van der Waals surface area contributed by atoms with E-state index in [0.717, 1.165) is 12.5 Å². The van der Waals surface area contributed by atoms with Crippen molar-refractivity contribution >= 4 is 11.6 Å². The predicted molar refractivity (Wildman–Crippen MR) is 67.5 cm³/mol. The molecular formula is C14H17FN2O. The van der Waals surface area contributed by atoms with Crippen LogP contribution in [-0.4, -0.2) is 12.5 Å². The van der Waals surface area contributed by atoms with Crippen LogP contribution in [0.4, 0.5) is 10.1 Å². The fourth-order valence-electron chi connectivity index (χ4n) is 2.61. The molecule has 3 rings (SSSR count). The quantitative estimate of drug-likeness (QED) is 0.803. The van der Waals surface area contributed by atoms with Crippen molar-refractivity contribution in [1.29, 1.82) is 0 Å². The number of halogens is 1. The molecule has 1 aromatic rings. The monoisotopic (exact) mass is 248 g/mol. The zero-order valence-corrected chi connectivity index (χ0v) is 10.2. The smallest absolute Gasteiger partial charge is 0.251 e. The Morgan fingerprint density at radius 1 is 1.44 bits per heavy atom. The van der Waals surface area contributed by atoms with Gasteiger partial charge in [0.05, 0.1) is 5.69 Å². The van der Waals surface area contributed by atoms with Crippen LogP contribution in [0.1, 0.15) is 36.0 Å². The summed E-state index contributed by atoms with van der Waals surface area (Å²) in [5.74, 6) is 0.0627. The average molecular weight is 248 g/mol. The number of nitrogen functional groups attached to an aromatic ring is 1. The minimum atomic E-state index is -0.536. The first-order valence-corrected chi connectivity index (χ1v) is 6.44. The van der Waals surface area contributed by atoms with Crippen molar-refractivity contribution in [3.8, 4) is 0 Å². The van der Waals surface area contributed by atoms with Crippen molar-refractivity contribution in [1.82, 2.24) is 5.32 Å². The Labute approximate surface area is 106 Å². The molecule has 3 N–H and O–H groups in total. The number of hydrogen-bond donors (Lipinski definition) is 2. The van der Waals surface area contributed by atoms with Gasteiger partial charge in [-0.3, -0.25) is 4.79 Å². The maximum atomic E-state index is 13.3. The van der Waals surface area contributed by atoms with Crippen LogP contribution in [-0.2, 0) is 0 Å². The summed E-state index contributed by atoms with van der Waals surface area (Å²) in [5.41, 5.74) is 6.16. The van der Waals surface area contributed by atoms with Crippen molar-refractivity contribution in [2.75, 3.05) is 12.3 Å². The van der Waals surface area contributed by atoms with Crippen LogP contribution in [0.2, 0.25) is 0 Å². The van der Waals surface area contributed by atoms with Crippen molar-refractivity contribution in [2.24, 2.45) is 11.3 Å². The number of nitrogens with two attached hydrogens (primary N) is 1. The highest BCUT2D eigenvalue weighted by atomic mass is 19.1. The largest absolute Gasteiger partial charge is 0.396 e. The molecule has 0 atom stereocenters. The lowest BCUT2D eigenvalue weighted by Gasteiger charge is -2.15. The maximum Gasteiger partial charge on any atom is 0.251 e. The zero-order valence-electron chi connectivity index (χ0n) is 10.2. The van der Waals surface area contributed by atoms with Gasteiger partial charge in [0.1, 0.15) is 5.82 Å². The lowest BCUT2D eigenvalue weighted by molar-refractivity contribution is 0.0942. The molecule has 1 aromatic carbocycles. The fourth-order valence-corrected chi connectivity index (χ4v) is 2.61. The SMILES string of the molecule is Nc1ccc(C(=O)NCC2(C3CC3)CC2)cc1F. The standard InChI is InChI=1S/C14H17FN2O/c15-11-7-9(1-4-12(11)16)13(18)17-8-14(5-6-14)10-2-3-10/h1,4,7,10H,2-3,5-6,8,16H2,(H,17,18). The van der Waals surface area contributed by atoms with E-state index in [4.69, 9.17) is 5.73 Å². The van der Waals surface area contributed by atoms with Crippen molar-refractivity contribution in [3.63, 3.8) is 0 Å². The number of rotatable bonds is 4. The molecule has 0 saturated heterocycles. The van der Waals surface area contributed by atoms with Crippen LogP contribution >= 0.6 is 0 Å². The minimum absolute atomic E-state index is 0.0724. The summed E-state index contributed by atoms with van der Waals surface area (Å²) in [5, 5.41) is 2.92. The van der Waals surface area contributed by atoms with Gasteiger partial charge in [-0.1, -0.05) is 0 Å². The molecule has 0 aliphatic heterocycles. The Morgan fingerprint density at radius 2 is 2.17 bits per heavy atom. The molecule has 2 saturated carbocycles. The van der Waals surface area contributed by atoms with Crippen LogP contribution < -0.4 is 11.1 Å². The molecule has 0 radical (unpaired) electrons. The van der Waals surface area contributed by atoms with Crippen LogP contribution in [0.5, 0.6) is 0 Å². The fraction of sp³-hybridized carbons (Fsp3) is 0.500. The third-order valence-electron chi connectivity index (χ3n) is 4.20. The average Bonchev–Trinajstić information content (AvgIpc) is 3.22. The topological polar surface area (TPSA) is 55.1 Å². The summed E-state index contributed by atoms with van der Waals surface area (Å²) >= 11 is 0. The Balaban J connectivity index is 1.62. The molecule has 3 nitrogen and oxygen atoms in total. The molecule has 0 aromatic heterocycles. The molecule has 2 aliphatic carbocycles. The summed E-state index contributed by atoms with van der Waals surface area (Å²) in [7, 11) is 0. The molecule has 0 bridgehead atoms. The molecular weight excluding hydrogens is 231 g/mol. The molecule has 96 valence electrons. The second-order valence-electron chi connectivity index (χ2n) is 5.56. The van der Waals surface area contributed by atoms with E-state index < -0.39 is 5.82 Å². The summed E-state index contributed by atoms with van der Waals surface area (Å²) in [4.78, 5) is 11.9. The Kier molecular flexibility index (Phi) is 2.54. The molecule has 0 unspecified atom stereocenters. The molecule has 2 aliphatic rings. The van der Waals surface area contributed by atoms with Gasteiger partial charge in [-0.25, -0.2) is 4.39 Å². The van der Waals surface area contributed by atoms with Gasteiger partial charge < -0.3 is 11.1 Å². The van der Waals surface area contributed by atoms with Gasteiger partial charge in [0.2, 0.25) is 0 Å². The van der Waals surface area contributed by atoms with E-state index in [-0.39, 0.29) is 11.6 Å². The number of carbonyl (C=O) groups excluding carboxylic acids is 1. The third kappa shape index (κ3) is 2.07. The van der Waals surface area contributed by atoms with Gasteiger partial charge >= 0.3 is 0 Å². The Hall–Kier alpha value is -1.58. The molecule has 1 amide bonds. The number of carbonyl (C=O) groups is 1.